The fourth-order valence-electron chi connectivity index (χ4n) is 3.30. The predicted octanol–water partition coefficient (Wildman–Crippen LogP) is 2.94. The molecule has 2 fully saturated rings. The monoisotopic (exact) mass is 437 g/mol. The molecule has 2 aromatic rings. The normalized spacial score (nSPS) is 18.2. The average Bonchev–Trinajstić information content (AvgIpc) is 3.55. The van der Waals surface area contributed by atoms with E-state index in [1.807, 2.05) is 0 Å². The minimum atomic E-state index is -3.98. The summed E-state index contributed by atoms with van der Waals surface area (Å²) in [5.74, 6) is -1.39. The molecule has 0 atom stereocenters. The molecule has 7 nitrogen and oxygen atoms in total. The van der Waals surface area contributed by atoms with Crippen LogP contribution >= 0.6 is 0 Å². The van der Waals surface area contributed by atoms with Crippen molar-refractivity contribution in [2.24, 2.45) is 5.92 Å². The van der Waals surface area contributed by atoms with E-state index in [-0.39, 0.29) is 31.0 Å². The summed E-state index contributed by atoms with van der Waals surface area (Å²) in [6.07, 6.45) is 3.96. The summed E-state index contributed by atoms with van der Waals surface area (Å²) in [6, 6.07) is 5.62. The van der Waals surface area contributed by atoms with Crippen LogP contribution in [0.25, 0.3) is 0 Å². The smallest absolute Gasteiger partial charge is 0.243 e. The summed E-state index contributed by atoms with van der Waals surface area (Å²) < 4.78 is 59.1. The fourth-order valence-corrected chi connectivity index (χ4v) is 4.81. The first kappa shape index (κ1) is 20.7. The van der Waals surface area contributed by atoms with Crippen LogP contribution < -0.4 is 10.1 Å². The number of halogens is 2. The lowest BCUT2D eigenvalue weighted by Gasteiger charge is -2.31. The minimum Gasteiger partial charge on any atom is -0.474 e. The molecule has 2 heterocycles. The number of nitrogens with zero attached hydrogens (tertiary/aromatic N) is 2. The fraction of sp³-hybridized carbons (Fsp3) is 0.400. The molecule has 1 amide bonds. The van der Waals surface area contributed by atoms with Gasteiger partial charge in [-0.1, -0.05) is 0 Å². The van der Waals surface area contributed by atoms with E-state index in [2.05, 4.69) is 10.3 Å². The van der Waals surface area contributed by atoms with Crippen molar-refractivity contribution < 1.29 is 26.7 Å². The topological polar surface area (TPSA) is 88.6 Å². The predicted molar refractivity (Wildman–Crippen MR) is 104 cm³/mol. The largest absolute Gasteiger partial charge is 0.474 e. The number of rotatable bonds is 6. The third-order valence-electron chi connectivity index (χ3n) is 5.11. The standard InChI is InChI=1S/C20H21F2N3O4S/c21-14-9-15(22)11-18(10-14)30(27,28)25-7-5-17(6-8-25)29-19-4-3-16(12-23-19)24-20(26)13-1-2-13/h3-4,9-13,17H,1-2,5-8H2,(H,24,26). The van der Waals surface area contributed by atoms with Gasteiger partial charge in [-0.25, -0.2) is 22.2 Å². The number of hydrogen-bond donors (Lipinski definition) is 1. The van der Waals surface area contributed by atoms with E-state index in [1.165, 1.54) is 10.5 Å². The Balaban J connectivity index is 1.32. The maximum atomic E-state index is 13.4. The molecule has 30 heavy (non-hydrogen) atoms. The lowest BCUT2D eigenvalue weighted by Crippen LogP contribution is -2.41. The Labute approximate surface area is 173 Å². The van der Waals surface area contributed by atoms with E-state index in [9.17, 15) is 22.0 Å². The van der Waals surface area contributed by atoms with Crippen molar-refractivity contribution >= 4 is 21.6 Å². The van der Waals surface area contributed by atoms with Gasteiger partial charge in [0.05, 0.1) is 16.8 Å². The summed E-state index contributed by atoms with van der Waals surface area (Å²) in [4.78, 5) is 15.6. The van der Waals surface area contributed by atoms with E-state index in [4.69, 9.17) is 4.74 Å². The second-order valence-electron chi connectivity index (χ2n) is 7.48. The third kappa shape index (κ3) is 4.76. The number of carbonyl (C=O) groups excluding carboxylic acids is 1. The van der Waals surface area contributed by atoms with E-state index in [0.717, 1.165) is 25.0 Å². The molecule has 1 saturated carbocycles. The van der Waals surface area contributed by atoms with Gasteiger partial charge in [0.15, 0.2) is 0 Å². The molecule has 1 aromatic carbocycles. The summed E-state index contributed by atoms with van der Waals surface area (Å²) >= 11 is 0. The Morgan fingerprint density at radius 1 is 1.07 bits per heavy atom. The molecule has 1 aliphatic carbocycles. The van der Waals surface area contributed by atoms with Gasteiger partial charge in [0, 0.05) is 31.1 Å². The Bertz CT molecular complexity index is 1010. The minimum absolute atomic E-state index is 0.00257. The lowest BCUT2D eigenvalue weighted by atomic mass is 10.1. The molecule has 160 valence electrons. The van der Waals surface area contributed by atoms with Gasteiger partial charge in [0.25, 0.3) is 0 Å². The number of amides is 1. The first-order chi connectivity index (χ1) is 14.3. The van der Waals surface area contributed by atoms with E-state index < -0.39 is 26.6 Å². The number of nitrogens with one attached hydrogen (secondary N) is 1. The number of sulfonamides is 1. The van der Waals surface area contributed by atoms with Gasteiger partial charge in [-0.05, 0) is 43.9 Å². The third-order valence-corrected chi connectivity index (χ3v) is 6.99. The van der Waals surface area contributed by atoms with Crippen molar-refractivity contribution in [2.45, 2.75) is 36.7 Å². The van der Waals surface area contributed by atoms with E-state index >= 15 is 0 Å². The second-order valence-corrected chi connectivity index (χ2v) is 9.41. The van der Waals surface area contributed by atoms with E-state index in [1.54, 1.807) is 12.1 Å². The highest BCUT2D eigenvalue weighted by molar-refractivity contribution is 7.89. The van der Waals surface area contributed by atoms with E-state index in [0.29, 0.717) is 30.5 Å². The van der Waals surface area contributed by atoms with Crippen LogP contribution in [0.3, 0.4) is 0 Å². The first-order valence-corrected chi connectivity index (χ1v) is 11.1. The molecule has 0 bridgehead atoms. The molecular weight excluding hydrogens is 416 g/mol. The van der Waals surface area contributed by atoms with Gasteiger partial charge in [-0.3, -0.25) is 4.79 Å². The van der Waals surface area contributed by atoms with Gasteiger partial charge in [-0.2, -0.15) is 4.31 Å². The number of pyridine rings is 1. The molecule has 1 N–H and O–H groups in total. The zero-order chi connectivity index (χ0) is 21.3. The molecule has 2 aliphatic rings. The summed E-state index contributed by atoms with van der Waals surface area (Å²) in [6.45, 7) is 0.335. The Kier molecular flexibility index (Phi) is 5.70. The molecule has 0 unspecified atom stereocenters. The number of aromatic nitrogens is 1. The lowest BCUT2D eigenvalue weighted by molar-refractivity contribution is -0.117. The van der Waals surface area contributed by atoms with Crippen LogP contribution in [0.15, 0.2) is 41.4 Å². The number of carbonyl (C=O) groups is 1. The zero-order valence-electron chi connectivity index (χ0n) is 16.1. The summed E-state index contributed by atoms with van der Waals surface area (Å²) in [5.41, 5.74) is 0.600. The number of ether oxygens (including phenoxy) is 1. The van der Waals surface area contributed by atoms with Crippen LogP contribution in [0.5, 0.6) is 5.88 Å². The number of anilines is 1. The first-order valence-electron chi connectivity index (χ1n) is 9.71. The molecule has 0 spiro atoms. The molecule has 1 aliphatic heterocycles. The van der Waals surface area contributed by atoms with Crippen LogP contribution in [0.1, 0.15) is 25.7 Å². The molecular formula is C20H21F2N3O4S. The quantitative estimate of drug-likeness (QED) is 0.751. The van der Waals surface area contributed by atoms with Crippen molar-refractivity contribution in [3.63, 3.8) is 0 Å². The Morgan fingerprint density at radius 3 is 2.30 bits per heavy atom. The molecule has 10 heteroatoms. The van der Waals surface area contributed by atoms with Gasteiger partial charge in [-0.15, -0.1) is 0 Å². The summed E-state index contributed by atoms with van der Waals surface area (Å²) in [5, 5.41) is 2.80. The Morgan fingerprint density at radius 2 is 1.73 bits per heavy atom. The van der Waals surface area contributed by atoms with Crippen LogP contribution in [-0.2, 0) is 14.8 Å². The molecule has 1 saturated heterocycles. The van der Waals surface area contributed by atoms with Gasteiger partial charge in [0.1, 0.15) is 17.7 Å². The van der Waals surface area contributed by atoms with Crippen LogP contribution in [0.2, 0.25) is 0 Å². The number of benzene rings is 1. The number of hydrogen-bond acceptors (Lipinski definition) is 5. The van der Waals surface area contributed by atoms with Crippen molar-refractivity contribution in [1.82, 2.24) is 9.29 Å². The van der Waals surface area contributed by atoms with Crippen LogP contribution in [-0.4, -0.2) is 42.8 Å². The summed E-state index contributed by atoms with van der Waals surface area (Å²) in [7, 11) is -3.98. The molecule has 1 aromatic heterocycles. The Hall–Kier alpha value is -2.59. The average molecular weight is 437 g/mol. The molecule has 4 rings (SSSR count). The van der Waals surface area contributed by atoms with Crippen molar-refractivity contribution in [1.29, 1.82) is 0 Å². The van der Waals surface area contributed by atoms with Gasteiger partial charge in [0.2, 0.25) is 21.8 Å². The van der Waals surface area contributed by atoms with Crippen molar-refractivity contribution in [3.8, 4) is 5.88 Å². The highest BCUT2D eigenvalue weighted by Gasteiger charge is 2.31. The highest BCUT2D eigenvalue weighted by Crippen LogP contribution is 2.30. The van der Waals surface area contributed by atoms with Crippen molar-refractivity contribution in [3.05, 3.63) is 48.2 Å². The highest BCUT2D eigenvalue weighted by atomic mass is 32.2. The zero-order valence-corrected chi connectivity index (χ0v) is 16.9. The van der Waals surface area contributed by atoms with Crippen molar-refractivity contribution in [2.75, 3.05) is 18.4 Å². The SMILES string of the molecule is O=C(Nc1ccc(OC2CCN(S(=O)(=O)c3cc(F)cc(F)c3)CC2)nc1)C1CC1. The second kappa shape index (κ2) is 8.27. The van der Waals surface area contributed by atoms with Gasteiger partial charge >= 0.3 is 0 Å². The maximum Gasteiger partial charge on any atom is 0.243 e. The maximum absolute atomic E-state index is 13.4. The van der Waals surface area contributed by atoms with Crippen LogP contribution in [0.4, 0.5) is 14.5 Å². The molecule has 0 radical (unpaired) electrons. The van der Waals surface area contributed by atoms with Gasteiger partial charge < -0.3 is 10.1 Å². The van der Waals surface area contributed by atoms with Crippen LogP contribution in [0, 0.1) is 17.6 Å². The number of piperidine rings is 1.